The number of carbonyl (C=O) groups excluding carboxylic acids is 2. The molecule has 2 aromatic heterocycles. The minimum Gasteiger partial charge on any atom is -0.337 e. The molecule has 148 valence electrons. The molecule has 0 spiro atoms. The van der Waals surface area contributed by atoms with Crippen LogP contribution in [0.5, 0.6) is 0 Å². The molecule has 0 atom stereocenters. The number of nitro benzene ring substituents is 1. The molecule has 0 aliphatic carbocycles. The van der Waals surface area contributed by atoms with E-state index in [1.54, 1.807) is 23.1 Å². The molecule has 3 heterocycles. The lowest BCUT2D eigenvalue weighted by atomic mass is 10.1. The van der Waals surface area contributed by atoms with Gasteiger partial charge in [0, 0.05) is 30.0 Å². The summed E-state index contributed by atoms with van der Waals surface area (Å²) in [7, 11) is 0. The van der Waals surface area contributed by atoms with Crippen LogP contribution >= 0.6 is 22.7 Å². The fourth-order valence-corrected chi connectivity index (χ4v) is 4.69. The molecule has 10 heteroatoms. The summed E-state index contributed by atoms with van der Waals surface area (Å²) in [4.78, 5) is 42.9. The summed E-state index contributed by atoms with van der Waals surface area (Å²) in [6, 6.07) is 9.60. The standard InChI is InChI=1S/C19H16N4O4S2/c24-17(10-12-3-5-13(6-4-12)23(26)27)22-8-7-14-16(11-22)29-19(20-14)21-18(25)15-2-1-9-28-15/h1-6,9H,7-8,10-11H2,(H,20,21,25). The predicted molar refractivity (Wildman–Crippen MR) is 110 cm³/mol. The van der Waals surface area contributed by atoms with E-state index in [9.17, 15) is 19.7 Å². The van der Waals surface area contributed by atoms with Crippen LogP contribution in [-0.4, -0.2) is 33.2 Å². The van der Waals surface area contributed by atoms with E-state index in [4.69, 9.17) is 0 Å². The van der Waals surface area contributed by atoms with Gasteiger partial charge in [0.1, 0.15) is 0 Å². The normalized spacial score (nSPS) is 13.0. The molecule has 1 aliphatic rings. The Balaban J connectivity index is 1.39. The number of benzene rings is 1. The second-order valence-electron chi connectivity index (χ2n) is 6.49. The van der Waals surface area contributed by atoms with Crippen LogP contribution in [-0.2, 0) is 24.2 Å². The molecular formula is C19H16N4O4S2. The highest BCUT2D eigenvalue weighted by molar-refractivity contribution is 7.16. The first-order valence-electron chi connectivity index (χ1n) is 8.84. The molecule has 4 rings (SSSR count). The number of anilines is 1. The van der Waals surface area contributed by atoms with Gasteiger partial charge in [-0.05, 0) is 17.0 Å². The molecule has 2 amide bonds. The average Bonchev–Trinajstić information content (AvgIpc) is 3.37. The zero-order chi connectivity index (χ0) is 20.4. The van der Waals surface area contributed by atoms with Gasteiger partial charge in [0.2, 0.25) is 5.91 Å². The second kappa shape index (κ2) is 8.10. The van der Waals surface area contributed by atoms with E-state index >= 15 is 0 Å². The van der Waals surface area contributed by atoms with E-state index in [0.29, 0.717) is 29.5 Å². The van der Waals surface area contributed by atoms with Crippen LogP contribution in [0.1, 0.15) is 25.8 Å². The third-order valence-electron chi connectivity index (χ3n) is 4.55. The average molecular weight is 428 g/mol. The van der Waals surface area contributed by atoms with Gasteiger partial charge in [-0.3, -0.25) is 25.0 Å². The van der Waals surface area contributed by atoms with Gasteiger partial charge in [-0.25, -0.2) is 4.98 Å². The van der Waals surface area contributed by atoms with Gasteiger partial charge in [-0.1, -0.05) is 29.5 Å². The monoisotopic (exact) mass is 428 g/mol. The van der Waals surface area contributed by atoms with Crippen molar-refractivity contribution in [3.8, 4) is 0 Å². The van der Waals surface area contributed by atoms with Crippen molar-refractivity contribution in [3.63, 3.8) is 0 Å². The molecule has 0 saturated heterocycles. The topological polar surface area (TPSA) is 105 Å². The summed E-state index contributed by atoms with van der Waals surface area (Å²) in [5.74, 6) is -0.223. The molecule has 0 saturated carbocycles. The number of aromatic nitrogens is 1. The van der Waals surface area contributed by atoms with E-state index < -0.39 is 4.92 Å². The Morgan fingerprint density at radius 1 is 1.24 bits per heavy atom. The number of nitro groups is 1. The molecule has 0 fully saturated rings. The third-order valence-corrected chi connectivity index (χ3v) is 6.42. The fourth-order valence-electron chi connectivity index (χ4n) is 3.05. The Labute approximate surface area is 174 Å². The van der Waals surface area contributed by atoms with Crippen LogP contribution in [0.15, 0.2) is 41.8 Å². The van der Waals surface area contributed by atoms with E-state index in [2.05, 4.69) is 10.3 Å². The first-order chi connectivity index (χ1) is 14.0. The van der Waals surface area contributed by atoms with Crippen LogP contribution in [0.25, 0.3) is 0 Å². The van der Waals surface area contributed by atoms with Crippen molar-refractivity contribution < 1.29 is 14.5 Å². The predicted octanol–water partition coefficient (Wildman–Crippen LogP) is 3.49. The molecule has 1 aromatic carbocycles. The second-order valence-corrected chi connectivity index (χ2v) is 8.52. The zero-order valence-corrected chi connectivity index (χ0v) is 16.8. The quantitative estimate of drug-likeness (QED) is 0.495. The van der Waals surface area contributed by atoms with E-state index in [1.807, 2.05) is 11.4 Å². The zero-order valence-electron chi connectivity index (χ0n) is 15.2. The Morgan fingerprint density at radius 3 is 2.72 bits per heavy atom. The number of nitrogens with zero attached hydrogens (tertiary/aromatic N) is 3. The molecule has 0 radical (unpaired) electrons. The molecule has 0 bridgehead atoms. The van der Waals surface area contributed by atoms with Crippen molar-refractivity contribution in [2.45, 2.75) is 19.4 Å². The minimum absolute atomic E-state index is 0.00518. The fraction of sp³-hybridized carbons (Fsp3) is 0.211. The largest absolute Gasteiger partial charge is 0.337 e. The number of hydrogen-bond donors (Lipinski definition) is 1. The Hall–Kier alpha value is -3.11. The van der Waals surface area contributed by atoms with Crippen molar-refractivity contribution in [2.75, 3.05) is 11.9 Å². The minimum atomic E-state index is -0.462. The lowest BCUT2D eigenvalue weighted by Crippen LogP contribution is -2.36. The first-order valence-corrected chi connectivity index (χ1v) is 10.5. The molecule has 0 unspecified atom stereocenters. The van der Waals surface area contributed by atoms with Gasteiger partial charge in [0.05, 0.1) is 28.5 Å². The molecule has 8 nitrogen and oxygen atoms in total. The van der Waals surface area contributed by atoms with Crippen molar-refractivity contribution in [3.05, 3.63) is 72.9 Å². The van der Waals surface area contributed by atoms with Crippen LogP contribution in [0, 0.1) is 10.1 Å². The maximum absolute atomic E-state index is 12.6. The molecule has 1 aliphatic heterocycles. The highest BCUT2D eigenvalue weighted by atomic mass is 32.1. The number of carbonyl (C=O) groups is 2. The highest BCUT2D eigenvalue weighted by Gasteiger charge is 2.25. The summed E-state index contributed by atoms with van der Waals surface area (Å²) >= 11 is 2.75. The number of rotatable bonds is 5. The van der Waals surface area contributed by atoms with Gasteiger partial charge in [-0.2, -0.15) is 0 Å². The van der Waals surface area contributed by atoms with Crippen molar-refractivity contribution >= 4 is 45.3 Å². The van der Waals surface area contributed by atoms with Gasteiger partial charge in [-0.15, -0.1) is 11.3 Å². The Kier molecular flexibility index (Phi) is 5.36. The number of non-ortho nitro benzene ring substituents is 1. The SMILES string of the molecule is O=C(Nc1nc2c(s1)CN(C(=O)Cc1ccc([N+](=O)[O-])cc1)CC2)c1cccs1. The Bertz CT molecular complexity index is 1060. The summed E-state index contributed by atoms with van der Waals surface area (Å²) in [6.45, 7) is 1.01. The third kappa shape index (κ3) is 4.33. The summed E-state index contributed by atoms with van der Waals surface area (Å²) < 4.78 is 0. The number of amides is 2. The lowest BCUT2D eigenvalue weighted by molar-refractivity contribution is -0.384. The van der Waals surface area contributed by atoms with Gasteiger partial charge >= 0.3 is 0 Å². The lowest BCUT2D eigenvalue weighted by Gasteiger charge is -2.26. The molecule has 29 heavy (non-hydrogen) atoms. The van der Waals surface area contributed by atoms with Crippen LogP contribution in [0.2, 0.25) is 0 Å². The van der Waals surface area contributed by atoms with Crippen LogP contribution in [0.3, 0.4) is 0 Å². The maximum atomic E-state index is 12.6. The molecule has 1 N–H and O–H groups in total. The smallest absolute Gasteiger partial charge is 0.269 e. The summed E-state index contributed by atoms with van der Waals surface area (Å²) in [5.41, 5.74) is 1.65. The van der Waals surface area contributed by atoms with Crippen LogP contribution < -0.4 is 5.32 Å². The van der Waals surface area contributed by atoms with Crippen molar-refractivity contribution in [1.29, 1.82) is 0 Å². The van der Waals surface area contributed by atoms with E-state index in [-0.39, 0.29) is 23.9 Å². The maximum Gasteiger partial charge on any atom is 0.269 e. The highest BCUT2D eigenvalue weighted by Crippen LogP contribution is 2.29. The number of fused-ring (bicyclic) bond motifs is 1. The molecule has 3 aromatic rings. The van der Waals surface area contributed by atoms with E-state index in [0.717, 1.165) is 16.1 Å². The number of thiophene rings is 1. The van der Waals surface area contributed by atoms with Gasteiger partial charge in [0.15, 0.2) is 5.13 Å². The van der Waals surface area contributed by atoms with Gasteiger partial charge in [0.25, 0.3) is 11.6 Å². The van der Waals surface area contributed by atoms with Gasteiger partial charge < -0.3 is 4.90 Å². The summed E-state index contributed by atoms with van der Waals surface area (Å²) in [6.07, 6.45) is 0.820. The van der Waals surface area contributed by atoms with Crippen LogP contribution in [0.4, 0.5) is 10.8 Å². The molecular weight excluding hydrogens is 412 g/mol. The van der Waals surface area contributed by atoms with Crippen molar-refractivity contribution in [1.82, 2.24) is 9.88 Å². The van der Waals surface area contributed by atoms with Crippen molar-refractivity contribution in [2.24, 2.45) is 0 Å². The number of thiazole rings is 1. The first kappa shape index (κ1) is 19.2. The number of nitrogens with one attached hydrogen (secondary N) is 1. The summed E-state index contributed by atoms with van der Waals surface area (Å²) in [5, 5.41) is 15.9. The number of hydrogen-bond acceptors (Lipinski definition) is 7. The van der Waals surface area contributed by atoms with E-state index in [1.165, 1.54) is 34.8 Å². The Morgan fingerprint density at radius 2 is 2.03 bits per heavy atom.